The average molecular weight is 427 g/mol. The van der Waals surface area contributed by atoms with Crippen molar-refractivity contribution in [3.8, 4) is 23.0 Å². The Morgan fingerprint density at radius 1 is 0.871 bits per heavy atom. The molecule has 0 aliphatic carbocycles. The normalized spacial score (nSPS) is 11.7. The van der Waals surface area contributed by atoms with Crippen molar-refractivity contribution < 1.29 is 33.2 Å². The zero-order valence-electron chi connectivity index (χ0n) is 17.6. The number of hydrogen-bond acceptors (Lipinski definition) is 6. The van der Waals surface area contributed by atoms with Crippen molar-refractivity contribution in [3.05, 3.63) is 71.5 Å². The Bertz CT molecular complexity index is 978. The highest BCUT2D eigenvalue weighted by atomic mass is 18.2. The first-order valence-electron chi connectivity index (χ1n) is 9.40. The minimum Gasteiger partial charge on any atom is -0.508 e. The van der Waals surface area contributed by atoms with E-state index in [-0.39, 0.29) is 12.4 Å². The fourth-order valence-corrected chi connectivity index (χ4v) is 2.61. The van der Waals surface area contributed by atoms with Crippen LogP contribution in [-0.4, -0.2) is 45.5 Å². The molecule has 0 aliphatic heterocycles. The smallest absolute Gasteiger partial charge is 0.182 e. The number of halogens is 1. The molecule has 31 heavy (non-hydrogen) atoms. The van der Waals surface area contributed by atoms with Crippen LogP contribution < -0.4 is 18.9 Å². The molecule has 0 atom stereocenters. The van der Waals surface area contributed by atoms with Gasteiger partial charge in [0, 0.05) is 6.08 Å². The number of ether oxygens (including phenoxy) is 4. The van der Waals surface area contributed by atoms with Gasteiger partial charge in [-0.1, -0.05) is 24.3 Å². The largest absolute Gasteiger partial charge is 0.508 e. The quantitative estimate of drug-likeness (QED) is 0.316. The topological polar surface area (TPSA) is 74.2 Å². The van der Waals surface area contributed by atoms with Crippen molar-refractivity contribution in [3.63, 3.8) is 0 Å². The molecule has 0 saturated heterocycles. The minimum atomic E-state index is -0.602. The first kappa shape index (κ1) is 23.5. The Morgan fingerprint density at radius 3 is 2.00 bits per heavy atom. The molecule has 0 heterocycles. The van der Waals surface area contributed by atoms with Gasteiger partial charge in [-0.2, -0.15) is 0 Å². The van der Waals surface area contributed by atoms with Gasteiger partial charge in [0.1, 0.15) is 19.0 Å². The maximum atomic E-state index is 12.3. The summed E-state index contributed by atoms with van der Waals surface area (Å²) in [5.41, 5.74) is 1.45. The van der Waals surface area contributed by atoms with Crippen LogP contribution in [-0.2, 0) is 4.79 Å². The number of allylic oxidation sites excluding steroid dienone is 3. The van der Waals surface area contributed by atoms with Crippen LogP contribution in [0.4, 0.5) is 4.39 Å². The number of rotatable bonds is 11. The number of benzene rings is 2. The monoisotopic (exact) mass is 427 g/mol. The lowest BCUT2D eigenvalue weighted by molar-refractivity contribution is -0.110. The molecule has 2 aromatic rings. The van der Waals surface area contributed by atoms with Crippen LogP contribution in [0.2, 0.25) is 0 Å². The number of carbonyl (C=O) groups is 1. The molecule has 2 rings (SSSR count). The Hall–Kier alpha value is -3.74. The summed E-state index contributed by atoms with van der Waals surface area (Å²) in [6.07, 6.45) is 7.05. The van der Waals surface area contributed by atoms with Crippen molar-refractivity contribution in [1.82, 2.24) is 0 Å². The van der Waals surface area contributed by atoms with Gasteiger partial charge >= 0.3 is 0 Å². The maximum absolute atomic E-state index is 12.3. The number of hydrogen-bond donors (Lipinski definition) is 1. The van der Waals surface area contributed by atoms with Crippen molar-refractivity contribution >= 4 is 17.9 Å². The predicted molar refractivity (Wildman–Crippen MR) is 118 cm³/mol. The molecule has 7 heteroatoms. The van der Waals surface area contributed by atoms with Crippen molar-refractivity contribution in [1.29, 1.82) is 0 Å². The molecule has 6 nitrogen and oxygen atoms in total. The summed E-state index contributed by atoms with van der Waals surface area (Å²) < 4.78 is 33.1. The summed E-state index contributed by atoms with van der Waals surface area (Å²) in [4.78, 5) is 12.1. The molecule has 2 aromatic carbocycles. The molecule has 0 fully saturated rings. The van der Waals surface area contributed by atoms with E-state index >= 15 is 0 Å². The number of ketones is 1. The summed E-state index contributed by atoms with van der Waals surface area (Å²) in [7, 11) is 4.56. The van der Waals surface area contributed by atoms with Crippen LogP contribution in [0.3, 0.4) is 0 Å². The Labute approximate surface area is 180 Å². The number of methoxy groups -OCH3 is 3. The predicted octanol–water partition coefficient (Wildman–Crippen LogP) is 4.80. The maximum Gasteiger partial charge on any atom is 0.182 e. The number of aliphatic hydroxyl groups excluding tert-OH is 1. The molecular formula is C24H25FO6. The highest BCUT2D eigenvalue weighted by Crippen LogP contribution is 2.29. The van der Waals surface area contributed by atoms with E-state index < -0.39 is 12.5 Å². The van der Waals surface area contributed by atoms with Crippen LogP contribution in [0.15, 0.2) is 60.4 Å². The van der Waals surface area contributed by atoms with Gasteiger partial charge in [-0.15, -0.1) is 0 Å². The molecule has 164 valence electrons. The summed E-state index contributed by atoms with van der Waals surface area (Å²) in [6, 6.07) is 10.3. The first-order chi connectivity index (χ1) is 15.0. The second kappa shape index (κ2) is 12.1. The fourth-order valence-electron chi connectivity index (χ4n) is 2.61. The number of aliphatic hydroxyl groups is 1. The lowest BCUT2D eigenvalue weighted by atomic mass is 10.1. The van der Waals surface area contributed by atoms with E-state index in [9.17, 15) is 14.3 Å². The van der Waals surface area contributed by atoms with Crippen molar-refractivity contribution in [2.45, 2.75) is 0 Å². The van der Waals surface area contributed by atoms with Gasteiger partial charge in [0.25, 0.3) is 0 Å². The number of carbonyl (C=O) groups excluding carboxylic acids is 1. The van der Waals surface area contributed by atoms with E-state index in [1.165, 1.54) is 26.4 Å². The van der Waals surface area contributed by atoms with Gasteiger partial charge in [-0.3, -0.25) is 4.79 Å². The van der Waals surface area contributed by atoms with Crippen LogP contribution in [0.25, 0.3) is 12.2 Å². The number of alkyl halides is 1. The SMILES string of the molecule is COc1ccc(/C=C/C(O)=CC(=O)/C=C/c2ccc(OCC[18F])c(OC)c2)cc1OC. The standard InChI is InChI=1S/C24H25FO6/c1-28-21-10-6-17(14-23(21)29-2)4-8-19(26)16-20(27)9-5-18-7-11-22(31-13-12-25)24(15-18)30-3/h4-11,14-16,26H,12-13H2,1-3H3/b8-4+,9-5+,19-16?/i25-1. The molecule has 0 unspecified atom stereocenters. The lowest BCUT2D eigenvalue weighted by Gasteiger charge is -2.09. The van der Waals surface area contributed by atoms with Gasteiger partial charge in [0.15, 0.2) is 28.8 Å². The van der Waals surface area contributed by atoms with Gasteiger partial charge in [0.2, 0.25) is 0 Å². The Kier molecular flexibility index (Phi) is 9.16. The Morgan fingerprint density at radius 2 is 1.42 bits per heavy atom. The minimum absolute atomic E-state index is 0.0646. The van der Waals surface area contributed by atoms with E-state index in [2.05, 4.69) is 0 Å². The highest BCUT2D eigenvalue weighted by molar-refractivity contribution is 6.02. The summed E-state index contributed by atoms with van der Waals surface area (Å²) in [6.45, 7) is -0.666. The lowest BCUT2D eigenvalue weighted by Crippen LogP contribution is -2.00. The molecular weight excluding hydrogens is 402 g/mol. The van der Waals surface area contributed by atoms with Crippen LogP contribution in [0, 0.1) is 0 Å². The van der Waals surface area contributed by atoms with Gasteiger partial charge in [-0.05, 0) is 47.5 Å². The molecule has 0 spiro atoms. The van der Waals surface area contributed by atoms with Gasteiger partial charge < -0.3 is 24.1 Å². The molecule has 0 saturated carbocycles. The van der Waals surface area contributed by atoms with Gasteiger partial charge in [-0.25, -0.2) is 4.39 Å². The first-order valence-corrected chi connectivity index (χ1v) is 9.40. The van der Waals surface area contributed by atoms with Crippen molar-refractivity contribution in [2.24, 2.45) is 0 Å². The van der Waals surface area contributed by atoms with Crippen LogP contribution in [0.5, 0.6) is 23.0 Å². The van der Waals surface area contributed by atoms with E-state index in [0.717, 1.165) is 11.6 Å². The molecule has 0 aliphatic rings. The average Bonchev–Trinajstić information content (AvgIpc) is 2.79. The molecule has 0 radical (unpaired) electrons. The summed E-state index contributed by atoms with van der Waals surface area (Å²) >= 11 is 0. The summed E-state index contributed by atoms with van der Waals surface area (Å²) in [5, 5.41) is 10.0. The van der Waals surface area contributed by atoms with E-state index in [4.69, 9.17) is 18.9 Å². The van der Waals surface area contributed by atoms with E-state index in [1.54, 1.807) is 55.7 Å². The van der Waals surface area contributed by atoms with E-state index in [0.29, 0.717) is 28.6 Å². The van der Waals surface area contributed by atoms with Crippen LogP contribution in [0.1, 0.15) is 11.1 Å². The Balaban J connectivity index is 2.05. The van der Waals surface area contributed by atoms with Gasteiger partial charge in [0.05, 0.1) is 21.3 Å². The zero-order valence-corrected chi connectivity index (χ0v) is 17.6. The molecule has 0 amide bonds. The third-order valence-electron chi connectivity index (χ3n) is 4.11. The molecule has 0 aromatic heterocycles. The van der Waals surface area contributed by atoms with E-state index in [1.807, 2.05) is 0 Å². The zero-order chi connectivity index (χ0) is 22.6. The van der Waals surface area contributed by atoms with Crippen molar-refractivity contribution in [2.75, 3.05) is 34.6 Å². The van der Waals surface area contributed by atoms with Crippen LogP contribution >= 0.6 is 0 Å². The third-order valence-corrected chi connectivity index (χ3v) is 4.11. The molecule has 0 bridgehead atoms. The second-order valence-electron chi connectivity index (χ2n) is 6.20. The summed E-state index contributed by atoms with van der Waals surface area (Å²) in [5.74, 6) is 1.41. The fraction of sp³-hybridized carbons (Fsp3) is 0.208. The third kappa shape index (κ3) is 7.22. The highest BCUT2D eigenvalue weighted by Gasteiger charge is 2.05. The second-order valence-corrected chi connectivity index (χ2v) is 6.20. The molecule has 1 N–H and O–H groups in total.